The lowest BCUT2D eigenvalue weighted by atomic mass is 10.2. The van der Waals surface area contributed by atoms with E-state index in [4.69, 9.17) is 4.74 Å². The van der Waals surface area contributed by atoms with Crippen molar-refractivity contribution in [2.24, 2.45) is 7.05 Å². The molecule has 0 amide bonds. The summed E-state index contributed by atoms with van der Waals surface area (Å²) in [4.78, 5) is 28.5. The summed E-state index contributed by atoms with van der Waals surface area (Å²) in [6, 6.07) is 9.26. The third-order valence-corrected chi connectivity index (χ3v) is 5.01. The molecule has 2 heterocycles. The quantitative estimate of drug-likeness (QED) is 0.818. The van der Waals surface area contributed by atoms with E-state index in [1.165, 1.54) is 4.57 Å². The number of hydrogen-bond acceptors (Lipinski definition) is 6. The lowest BCUT2D eigenvalue weighted by molar-refractivity contribution is 0.0684. The normalized spacial score (nSPS) is 14.4. The summed E-state index contributed by atoms with van der Waals surface area (Å²) >= 11 is 1.55. The van der Waals surface area contributed by atoms with Gasteiger partial charge in [0.1, 0.15) is 6.61 Å². The van der Waals surface area contributed by atoms with Gasteiger partial charge in [-0.05, 0) is 30.4 Å². The Morgan fingerprint density at radius 3 is 2.72 bits per heavy atom. The average molecular weight is 361 g/mol. The largest absolute Gasteiger partial charge is 0.481 e. The molecule has 1 aliphatic heterocycles. The van der Waals surface area contributed by atoms with Crippen LogP contribution in [0, 0.1) is 0 Å². The van der Waals surface area contributed by atoms with E-state index in [2.05, 4.69) is 4.98 Å². The minimum atomic E-state index is -1.27. The standard InChI is InChI=1S/C17H19N3O4S/c1-19-15(21)14(24-11-12-7-3-2-4-8-12)13(16(22)23)18-17(19)20-9-5-6-10-25-20/h2-4,7-8H,5-6,9-11H2,1H3,(H,22,23). The molecule has 2 aromatic rings. The van der Waals surface area contributed by atoms with Crippen LogP contribution in [0.4, 0.5) is 5.95 Å². The van der Waals surface area contributed by atoms with Crippen molar-refractivity contribution in [3.63, 3.8) is 0 Å². The van der Waals surface area contributed by atoms with Crippen molar-refractivity contribution in [3.8, 4) is 5.75 Å². The summed E-state index contributed by atoms with van der Waals surface area (Å²) in [7, 11) is 1.58. The number of carboxylic acids is 1. The minimum Gasteiger partial charge on any atom is -0.481 e. The second kappa shape index (κ2) is 7.60. The zero-order chi connectivity index (χ0) is 17.8. The first-order valence-corrected chi connectivity index (χ1v) is 8.93. The Morgan fingerprint density at radius 1 is 1.32 bits per heavy atom. The van der Waals surface area contributed by atoms with Crippen LogP contribution in [0.15, 0.2) is 35.1 Å². The zero-order valence-electron chi connectivity index (χ0n) is 13.8. The van der Waals surface area contributed by atoms with Crippen molar-refractivity contribution in [1.29, 1.82) is 0 Å². The lowest BCUT2D eigenvalue weighted by Gasteiger charge is -2.27. The number of carboxylic acid groups (broad SMARTS) is 1. The second-order valence-corrected chi connectivity index (χ2v) is 6.78. The first-order chi connectivity index (χ1) is 12.1. The molecule has 1 aromatic carbocycles. The maximum atomic E-state index is 12.7. The first-order valence-electron chi connectivity index (χ1n) is 7.99. The van der Waals surface area contributed by atoms with E-state index in [1.807, 2.05) is 34.6 Å². The zero-order valence-corrected chi connectivity index (χ0v) is 14.7. The maximum absolute atomic E-state index is 12.7. The van der Waals surface area contributed by atoms with Crippen LogP contribution in [0.25, 0.3) is 0 Å². The van der Waals surface area contributed by atoms with E-state index < -0.39 is 11.5 Å². The summed E-state index contributed by atoms with van der Waals surface area (Å²) in [6.07, 6.45) is 2.08. The lowest BCUT2D eigenvalue weighted by Crippen LogP contribution is -2.32. The van der Waals surface area contributed by atoms with Crippen LogP contribution in [0.5, 0.6) is 5.75 Å². The Balaban J connectivity index is 1.95. The molecule has 0 unspecified atom stereocenters. The van der Waals surface area contributed by atoms with Gasteiger partial charge in [0.25, 0.3) is 5.56 Å². The summed E-state index contributed by atoms with van der Waals surface area (Å²) in [5, 5.41) is 9.49. The van der Waals surface area contributed by atoms with Gasteiger partial charge in [-0.2, -0.15) is 0 Å². The Morgan fingerprint density at radius 2 is 2.08 bits per heavy atom. The highest BCUT2D eigenvalue weighted by Gasteiger charge is 2.25. The number of nitrogens with zero attached hydrogens (tertiary/aromatic N) is 3. The molecule has 0 atom stereocenters. The SMILES string of the molecule is Cn1c(N2CCCCS2)nc(C(=O)O)c(OCc2ccccc2)c1=O. The molecule has 0 aliphatic carbocycles. The molecule has 132 valence electrons. The third-order valence-electron chi connectivity index (χ3n) is 3.88. The molecular formula is C17H19N3O4S. The predicted octanol–water partition coefficient (Wildman–Crippen LogP) is 2.31. The van der Waals surface area contributed by atoms with Gasteiger partial charge in [-0.25, -0.2) is 9.78 Å². The number of rotatable bonds is 5. The molecule has 1 fully saturated rings. The van der Waals surface area contributed by atoms with Crippen LogP contribution in [0.1, 0.15) is 28.9 Å². The molecular weight excluding hydrogens is 342 g/mol. The number of hydrogen-bond donors (Lipinski definition) is 1. The van der Waals surface area contributed by atoms with Crippen LogP contribution in [-0.4, -0.2) is 32.9 Å². The van der Waals surface area contributed by atoms with Crippen molar-refractivity contribution in [2.45, 2.75) is 19.4 Å². The van der Waals surface area contributed by atoms with Gasteiger partial charge >= 0.3 is 5.97 Å². The molecule has 1 N–H and O–H groups in total. The van der Waals surface area contributed by atoms with E-state index in [0.717, 1.165) is 30.7 Å². The monoisotopic (exact) mass is 361 g/mol. The van der Waals surface area contributed by atoms with E-state index in [0.29, 0.717) is 5.95 Å². The van der Waals surface area contributed by atoms with E-state index in [9.17, 15) is 14.7 Å². The van der Waals surface area contributed by atoms with Gasteiger partial charge in [0.15, 0.2) is 5.69 Å². The summed E-state index contributed by atoms with van der Waals surface area (Å²) in [6.45, 7) is 0.837. The molecule has 0 saturated carbocycles. The van der Waals surface area contributed by atoms with Gasteiger partial charge in [-0.1, -0.05) is 30.3 Å². The summed E-state index contributed by atoms with van der Waals surface area (Å²) < 4.78 is 8.76. The van der Waals surface area contributed by atoms with Crippen molar-refractivity contribution < 1.29 is 14.6 Å². The minimum absolute atomic E-state index is 0.107. The average Bonchev–Trinajstić information content (AvgIpc) is 2.64. The number of aromatic carboxylic acids is 1. The van der Waals surface area contributed by atoms with E-state index >= 15 is 0 Å². The van der Waals surface area contributed by atoms with Crippen LogP contribution in [0.3, 0.4) is 0 Å². The van der Waals surface area contributed by atoms with Gasteiger partial charge in [0.2, 0.25) is 11.7 Å². The second-order valence-electron chi connectivity index (χ2n) is 5.68. The van der Waals surface area contributed by atoms with E-state index in [-0.39, 0.29) is 18.1 Å². The van der Waals surface area contributed by atoms with Crippen LogP contribution >= 0.6 is 11.9 Å². The summed E-state index contributed by atoms with van der Waals surface area (Å²) in [5.74, 6) is -0.238. The smallest absolute Gasteiger partial charge is 0.358 e. The number of benzene rings is 1. The molecule has 1 saturated heterocycles. The van der Waals surface area contributed by atoms with Gasteiger partial charge < -0.3 is 9.84 Å². The highest BCUT2D eigenvalue weighted by molar-refractivity contribution is 8.00. The van der Waals surface area contributed by atoms with Gasteiger partial charge in [-0.3, -0.25) is 13.7 Å². The van der Waals surface area contributed by atoms with Crippen LogP contribution < -0.4 is 14.6 Å². The summed E-state index contributed by atoms with van der Waals surface area (Å²) in [5.41, 5.74) is 0.00117. The third kappa shape index (κ3) is 3.79. The molecule has 1 aromatic heterocycles. The molecule has 8 heteroatoms. The van der Waals surface area contributed by atoms with Crippen molar-refractivity contribution in [3.05, 3.63) is 51.9 Å². The highest BCUT2D eigenvalue weighted by Crippen LogP contribution is 2.26. The number of carbonyl (C=O) groups is 1. The van der Waals surface area contributed by atoms with Crippen LogP contribution in [0.2, 0.25) is 0 Å². The maximum Gasteiger partial charge on any atom is 0.358 e. The van der Waals surface area contributed by atoms with Crippen molar-refractivity contribution >= 4 is 23.9 Å². The molecule has 0 spiro atoms. The van der Waals surface area contributed by atoms with Crippen LogP contribution in [-0.2, 0) is 13.7 Å². The number of aromatic nitrogens is 2. The number of ether oxygens (including phenoxy) is 1. The molecule has 3 rings (SSSR count). The fourth-order valence-corrected chi connectivity index (χ4v) is 3.64. The molecule has 1 aliphatic rings. The van der Waals surface area contributed by atoms with Gasteiger partial charge in [0.05, 0.1) is 0 Å². The fourth-order valence-electron chi connectivity index (χ4n) is 2.55. The Hall–Kier alpha value is -2.48. The van der Waals surface area contributed by atoms with Gasteiger partial charge in [0, 0.05) is 19.3 Å². The molecule has 25 heavy (non-hydrogen) atoms. The Kier molecular flexibility index (Phi) is 5.28. The molecule has 7 nitrogen and oxygen atoms in total. The molecule has 0 bridgehead atoms. The first kappa shape index (κ1) is 17.3. The topological polar surface area (TPSA) is 84.7 Å². The highest BCUT2D eigenvalue weighted by atomic mass is 32.2. The molecule has 0 radical (unpaired) electrons. The Bertz CT molecular complexity index is 817. The number of anilines is 1. The Labute approximate surface area is 149 Å². The van der Waals surface area contributed by atoms with E-state index in [1.54, 1.807) is 19.0 Å². The predicted molar refractivity (Wildman–Crippen MR) is 96.2 cm³/mol. The fraction of sp³-hybridized carbons (Fsp3) is 0.353. The van der Waals surface area contributed by atoms with Crippen molar-refractivity contribution in [2.75, 3.05) is 16.6 Å². The van der Waals surface area contributed by atoms with Crippen molar-refractivity contribution in [1.82, 2.24) is 9.55 Å². The van der Waals surface area contributed by atoms with Gasteiger partial charge in [-0.15, -0.1) is 0 Å².